The second-order valence-corrected chi connectivity index (χ2v) is 5.85. The summed E-state index contributed by atoms with van der Waals surface area (Å²) in [6.45, 7) is 3.62. The highest BCUT2D eigenvalue weighted by molar-refractivity contribution is 9.10. The molecular weight excluding hydrogens is 328 g/mol. The number of pyridine rings is 1. The highest BCUT2D eigenvalue weighted by atomic mass is 79.9. The Bertz CT molecular complexity index is 658. The lowest BCUT2D eigenvalue weighted by Gasteiger charge is -2.37. The number of halogens is 1. The van der Waals surface area contributed by atoms with Crippen LogP contribution in [0.2, 0.25) is 0 Å². The van der Waals surface area contributed by atoms with Gasteiger partial charge in [-0.1, -0.05) is 22.0 Å². The molecule has 106 valence electrons. The number of benzene rings is 1. The summed E-state index contributed by atoms with van der Waals surface area (Å²) in [4.78, 5) is 8.94. The number of piperazine rings is 1. The van der Waals surface area contributed by atoms with E-state index in [1.807, 2.05) is 42.6 Å². The van der Waals surface area contributed by atoms with Crippen molar-refractivity contribution in [1.82, 2.24) is 4.98 Å². The average Bonchev–Trinajstić information content (AvgIpc) is 2.56. The van der Waals surface area contributed by atoms with Crippen LogP contribution in [0.15, 0.2) is 47.1 Å². The minimum Gasteiger partial charge on any atom is -0.367 e. The van der Waals surface area contributed by atoms with Crippen LogP contribution in [0.4, 0.5) is 11.5 Å². The van der Waals surface area contributed by atoms with Gasteiger partial charge in [-0.2, -0.15) is 5.26 Å². The predicted octanol–water partition coefficient (Wildman–Crippen LogP) is 3.04. The van der Waals surface area contributed by atoms with Crippen molar-refractivity contribution in [2.75, 3.05) is 36.0 Å². The van der Waals surface area contributed by atoms with E-state index in [1.54, 1.807) is 0 Å². The lowest BCUT2D eigenvalue weighted by molar-refractivity contribution is 0.647. The molecule has 0 aliphatic carbocycles. The van der Waals surface area contributed by atoms with Gasteiger partial charge >= 0.3 is 0 Å². The number of nitriles is 1. The van der Waals surface area contributed by atoms with Gasteiger partial charge in [-0.15, -0.1) is 0 Å². The van der Waals surface area contributed by atoms with E-state index in [9.17, 15) is 5.26 Å². The maximum Gasteiger partial charge on any atom is 0.128 e. The molecule has 2 aromatic rings. The fourth-order valence-corrected chi connectivity index (χ4v) is 2.95. The van der Waals surface area contributed by atoms with E-state index in [0.29, 0.717) is 0 Å². The molecular formula is C16H15BrN4. The van der Waals surface area contributed by atoms with Crippen molar-refractivity contribution >= 4 is 27.4 Å². The Labute approximate surface area is 132 Å². The molecule has 2 heterocycles. The molecule has 0 radical (unpaired) electrons. The topological polar surface area (TPSA) is 43.2 Å². The lowest BCUT2D eigenvalue weighted by Crippen LogP contribution is -2.47. The Morgan fingerprint density at radius 2 is 1.81 bits per heavy atom. The molecule has 4 nitrogen and oxygen atoms in total. The first-order chi connectivity index (χ1) is 10.3. The molecule has 1 saturated heterocycles. The van der Waals surface area contributed by atoms with E-state index in [0.717, 1.165) is 47.7 Å². The number of hydrogen-bond acceptors (Lipinski definition) is 4. The van der Waals surface area contributed by atoms with Gasteiger partial charge < -0.3 is 9.80 Å². The van der Waals surface area contributed by atoms with Crippen LogP contribution in [0.25, 0.3) is 0 Å². The number of hydrogen-bond donors (Lipinski definition) is 0. The molecule has 1 aliphatic rings. The Morgan fingerprint density at radius 1 is 1.05 bits per heavy atom. The molecule has 0 bridgehead atoms. The van der Waals surface area contributed by atoms with Crippen molar-refractivity contribution in [2.24, 2.45) is 0 Å². The molecule has 0 saturated carbocycles. The van der Waals surface area contributed by atoms with Gasteiger partial charge in [-0.3, -0.25) is 0 Å². The van der Waals surface area contributed by atoms with Crippen LogP contribution in [0.5, 0.6) is 0 Å². The highest BCUT2D eigenvalue weighted by Crippen LogP contribution is 2.25. The van der Waals surface area contributed by atoms with Crippen molar-refractivity contribution < 1.29 is 0 Å². The fraction of sp³-hybridized carbons (Fsp3) is 0.250. The smallest absolute Gasteiger partial charge is 0.128 e. The molecule has 1 aromatic heterocycles. The van der Waals surface area contributed by atoms with Gasteiger partial charge in [0.05, 0.1) is 11.3 Å². The first-order valence-electron chi connectivity index (χ1n) is 6.88. The van der Waals surface area contributed by atoms with Crippen molar-refractivity contribution in [3.05, 3.63) is 52.6 Å². The van der Waals surface area contributed by atoms with E-state index < -0.39 is 0 Å². The predicted molar refractivity (Wildman–Crippen MR) is 87.5 cm³/mol. The minimum absolute atomic E-state index is 0.718. The summed E-state index contributed by atoms with van der Waals surface area (Å²) in [5.41, 5.74) is 1.73. The first-order valence-corrected chi connectivity index (χ1v) is 7.68. The highest BCUT2D eigenvalue weighted by Gasteiger charge is 2.20. The van der Waals surface area contributed by atoms with Gasteiger partial charge in [0, 0.05) is 36.8 Å². The lowest BCUT2D eigenvalue weighted by atomic mass is 10.1. The van der Waals surface area contributed by atoms with Gasteiger partial charge in [0.25, 0.3) is 0 Å². The van der Waals surface area contributed by atoms with E-state index >= 15 is 0 Å². The van der Waals surface area contributed by atoms with Gasteiger partial charge in [0.15, 0.2) is 0 Å². The zero-order valence-electron chi connectivity index (χ0n) is 11.5. The monoisotopic (exact) mass is 342 g/mol. The summed E-state index contributed by atoms with van der Waals surface area (Å²) >= 11 is 3.42. The average molecular weight is 343 g/mol. The van der Waals surface area contributed by atoms with E-state index in [-0.39, 0.29) is 0 Å². The van der Waals surface area contributed by atoms with Gasteiger partial charge in [0.2, 0.25) is 0 Å². The van der Waals surface area contributed by atoms with E-state index in [4.69, 9.17) is 0 Å². The quantitative estimate of drug-likeness (QED) is 0.841. The Hall–Kier alpha value is -2.06. The summed E-state index contributed by atoms with van der Waals surface area (Å²) in [6.07, 6.45) is 1.82. The molecule has 0 amide bonds. The zero-order chi connectivity index (χ0) is 14.7. The summed E-state index contributed by atoms with van der Waals surface area (Å²) in [5.74, 6) is 1.02. The molecule has 3 rings (SSSR count). The summed E-state index contributed by atoms with van der Waals surface area (Å²) in [7, 11) is 0. The van der Waals surface area contributed by atoms with Crippen molar-refractivity contribution in [1.29, 1.82) is 5.26 Å². The molecule has 1 fully saturated rings. The third-order valence-electron chi connectivity index (χ3n) is 3.67. The van der Waals surface area contributed by atoms with Crippen LogP contribution in [-0.2, 0) is 0 Å². The zero-order valence-corrected chi connectivity index (χ0v) is 13.1. The first kappa shape index (κ1) is 13.9. The number of nitrogens with zero attached hydrogens (tertiary/aromatic N) is 4. The number of rotatable bonds is 2. The Morgan fingerprint density at radius 3 is 2.48 bits per heavy atom. The third kappa shape index (κ3) is 3.01. The SMILES string of the molecule is N#Cc1cc(Br)ccc1N1CCN(c2ccccn2)CC1. The summed E-state index contributed by atoms with van der Waals surface area (Å²) in [5, 5.41) is 9.29. The number of aromatic nitrogens is 1. The van der Waals surface area contributed by atoms with Crippen molar-refractivity contribution in [3.63, 3.8) is 0 Å². The maximum atomic E-state index is 9.29. The summed E-state index contributed by atoms with van der Waals surface area (Å²) in [6, 6.07) is 14.1. The largest absolute Gasteiger partial charge is 0.367 e. The Kier molecular flexibility index (Phi) is 4.07. The van der Waals surface area contributed by atoms with Crippen LogP contribution in [-0.4, -0.2) is 31.2 Å². The second-order valence-electron chi connectivity index (χ2n) is 4.94. The van der Waals surface area contributed by atoms with Crippen LogP contribution in [0.1, 0.15) is 5.56 Å². The standard InChI is InChI=1S/C16H15BrN4/c17-14-4-5-15(13(11-14)12-18)20-7-9-21(10-8-20)16-3-1-2-6-19-16/h1-6,11H,7-10H2. The third-order valence-corrected chi connectivity index (χ3v) is 4.17. The van der Waals surface area contributed by atoms with Gasteiger partial charge in [-0.05, 0) is 30.3 Å². The molecule has 0 N–H and O–H groups in total. The van der Waals surface area contributed by atoms with Crippen molar-refractivity contribution in [3.8, 4) is 6.07 Å². The number of anilines is 2. The van der Waals surface area contributed by atoms with Crippen LogP contribution >= 0.6 is 15.9 Å². The minimum atomic E-state index is 0.718. The van der Waals surface area contributed by atoms with Crippen LogP contribution in [0.3, 0.4) is 0 Å². The molecule has 0 atom stereocenters. The Balaban J connectivity index is 1.73. The second kappa shape index (κ2) is 6.15. The van der Waals surface area contributed by atoms with Crippen molar-refractivity contribution in [2.45, 2.75) is 0 Å². The summed E-state index contributed by atoms with van der Waals surface area (Å²) < 4.78 is 0.940. The van der Waals surface area contributed by atoms with E-state index in [2.05, 4.69) is 36.8 Å². The van der Waals surface area contributed by atoms with Gasteiger partial charge in [-0.25, -0.2) is 4.98 Å². The van der Waals surface area contributed by atoms with Crippen LogP contribution < -0.4 is 9.80 Å². The molecule has 1 aliphatic heterocycles. The maximum absolute atomic E-state index is 9.29. The van der Waals surface area contributed by atoms with Crippen LogP contribution in [0, 0.1) is 11.3 Å². The molecule has 0 unspecified atom stereocenters. The van der Waals surface area contributed by atoms with Gasteiger partial charge in [0.1, 0.15) is 11.9 Å². The molecule has 5 heteroatoms. The molecule has 1 aromatic carbocycles. The fourth-order valence-electron chi connectivity index (χ4n) is 2.59. The molecule has 0 spiro atoms. The normalized spacial score (nSPS) is 14.9. The molecule has 21 heavy (non-hydrogen) atoms. The van der Waals surface area contributed by atoms with E-state index in [1.165, 1.54) is 0 Å².